The van der Waals surface area contributed by atoms with E-state index in [1.165, 1.54) is 0 Å². The van der Waals surface area contributed by atoms with Crippen molar-refractivity contribution in [2.45, 2.75) is 25.4 Å². The van der Waals surface area contributed by atoms with Crippen molar-refractivity contribution in [1.29, 1.82) is 0 Å². The minimum Gasteiger partial charge on any atom is -0.481 e. The number of hydrogen-bond donors (Lipinski definition) is 3. The van der Waals surface area contributed by atoms with Crippen LogP contribution in [-0.4, -0.2) is 28.2 Å². The van der Waals surface area contributed by atoms with Crippen LogP contribution in [0, 0.1) is 0 Å². The van der Waals surface area contributed by atoms with Gasteiger partial charge in [0.25, 0.3) is 0 Å². The van der Waals surface area contributed by atoms with Crippen LogP contribution in [0.2, 0.25) is 5.02 Å². The lowest BCUT2D eigenvalue weighted by atomic mass is 10.1. The van der Waals surface area contributed by atoms with Gasteiger partial charge in [-0.2, -0.15) is 0 Å². The number of aliphatic carboxylic acids is 2. The second kappa shape index (κ2) is 6.98. The van der Waals surface area contributed by atoms with E-state index >= 15 is 0 Å². The van der Waals surface area contributed by atoms with E-state index in [0.717, 1.165) is 5.56 Å². The van der Waals surface area contributed by atoms with Crippen LogP contribution in [-0.2, 0) is 16.1 Å². The monoisotopic (exact) mass is 271 g/mol. The molecule has 0 amide bonds. The maximum Gasteiger partial charge on any atom is 0.320 e. The average Bonchev–Trinajstić information content (AvgIpc) is 2.30. The Hall–Kier alpha value is -1.59. The second-order valence-corrected chi connectivity index (χ2v) is 4.20. The third-order valence-electron chi connectivity index (χ3n) is 2.44. The molecular formula is C12H14ClNO4. The van der Waals surface area contributed by atoms with Crippen molar-refractivity contribution in [2.24, 2.45) is 0 Å². The molecule has 0 heterocycles. The summed E-state index contributed by atoms with van der Waals surface area (Å²) in [7, 11) is 0. The quantitative estimate of drug-likeness (QED) is 0.703. The van der Waals surface area contributed by atoms with Gasteiger partial charge in [0.15, 0.2) is 0 Å². The van der Waals surface area contributed by atoms with Gasteiger partial charge in [0.1, 0.15) is 6.04 Å². The van der Waals surface area contributed by atoms with E-state index in [0.29, 0.717) is 5.02 Å². The molecule has 0 aliphatic carbocycles. The van der Waals surface area contributed by atoms with Crippen molar-refractivity contribution in [3.05, 3.63) is 34.9 Å². The summed E-state index contributed by atoms with van der Waals surface area (Å²) < 4.78 is 0. The third-order valence-corrected chi connectivity index (χ3v) is 2.81. The highest BCUT2D eigenvalue weighted by Gasteiger charge is 2.18. The zero-order chi connectivity index (χ0) is 13.5. The summed E-state index contributed by atoms with van der Waals surface area (Å²) >= 11 is 5.93. The van der Waals surface area contributed by atoms with Crippen molar-refractivity contribution in [1.82, 2.24) is 5.32 Å². The summed E-state index contributed by atoms with van der Waals surface area (Å²) in [5.74, 6) is -2.08. The molecule has 1 rings (SSSR count). The molecule has 1 atom stereocenters. The van der Waals surface area contributed by atoms with E-state index in [4.69, 9.17) is 21.8 Å². The van der Waals surface area contributed by atoms with E-state index in [-0.39, 0.29) is 19.4 Å². The molecule has 0 aromatic heterocycles. The van der Waals surface area contributed by atoms with Crippen LogP contribution in [0.1, 0.15) is 18.4 Å². The van der Waals surface area contributed by atoms with E-state index in [1.54, 1.807) is 24.3 Å². The number of hydrogen-bond acceptors (Lipinski definition) is 3. The normalized spacial score (nSPS) is 12.1. The van der Waals surface area contributed by atoms with Crippen LogP contribution >= 0.6 is 11.6 Å². The van der Waals surface area contributed by atoms with Crippen molar-refractivity contribution in [3.63, 3.8) is 0 Å². The molecule has 18 heavy (non-hydrogen) atoms. The van der Waals surface area contributed by atoms with Gasteiger partial charge in [0.2, 0.25) is 0 Å². The van der Waals surface area contributed by atoms with Crippen LogP contribution in [0.4, 0.5) is 0 Å². The zero-order valence-corrected chi connectivity index (χ0v) is 10.4. The Kier molecular flexibility index (Phi) is 5.61. The van der Waals surface area contributed by atoms with Gasteiger partial charge in [-0.1, -0.05) is 29.8 Å². The smallest absolute Gasteiger partial charge is 0.320 e. The predicted octanol–water partition coefficient (Wildman–Crippen LogP) is 1.75. The first-order valence-corrected chi connectivity index (χ1v) is 5.80. The molecule has 0 aliphatic heterocycles. The molecule has 98 valence electrons. The molecule has 0 saturated heterocycles. The summed E-state index contributed by atoms with van der Waals surface area (Å²) in [5, 5.41) is 20.8. The maximum atomic E-state index is 10.9. The molecule has 0 spiro atoms. The zero-order valence-electron chi connectivity index (χ0n) is 9.60. The third kappa shape index (κ3) is 4.73. The van der Waals surface area contributed by atoms with E-state index in [9.17, 15) is 9.59 Å². The number of carbonyl (C=O) groups is 2. The van der Waals surface area contributed by atoms with E-state index < -0.39 is 18.0 Å². The Bertz CT molecular complexity index is 436. The Morgan fingerprint density at radius 1 is 1.28 bits per heavy atom. The van der Waals surface area contributed by atoms with Gasteiger partial charge in [-0.15, -0.1) is 0 Å². The fourth-order valence-corrected chi connectivity index (χ4v) is 1.66. The average molecular weight is 272 g/mol. The van der Waals surface area contributed by atoms with Crippen LogP contribution in [0.5, 0.6) is 0 Å². The molecule has 0 fully saturated rings. The standard InChI is InChI=1S/C12H14ClNO4/c13-9-4-2-1-3-8(9)7-14-10(12(17)18)5-6-11(15)16/h1-4,10,14H,5-7H2,(H,15,16)(H,17,18)/t10-/m0/s1. The number of halogens is 1. The van der Waals surface area contributed by atoms with Crippen LogP contribution < -0.4 is 5.32 Å². The van der Waals surface area contributed by atoms with Crippen molar-refractivity contribution in [3.8, 4) is 0 Å². The van der Waals surface area contributed by atoms with E-state index in [2.05, 4.69) is 5.32 Å². The van der Waals surface area contributed by atoms with Gasteiger partial charge in [-0.3, -0.25) is 9.59 Å². The Morgan fingerprint density at radius 3 is 2.50 bits per heavy atom. The largest absolute Gasteiger partial charge is 0.481 e. The molecule has 0 bridgehead atoms. The first-order valence-electron chi connectivity index (χ1n) is 5.42. The molecule has 0 radical (unpaired) electrons. The first-order chi connectivity index (χ1) is 8.50. The molecule has 0 saturated carbocycles. The van der Waals surface area contributed by atoms with Crippen molar-refractivity contribution >= 4 is 23.5 Å². The van der Waals surface area contributed by atoms with Gasteiger partial charge in [0, 0.05) is 18.0 Å². The number of carboxylic acid groups (broad SMARTS) is 2. The lowest BCUT2D eigenvalue weighted by Crippen LogP contribution is -2.36. The molecule has 3 N–H and O–H groups in total. The molecular weight excluding hydrogens is 258 g/mol. The molecule has 1 aromatic rings. The summed E-state index contributed by atoms with van der Waals surface area (Å²) in [4.78, 5) is 21.3. The molecule has 5 nitrogen and oxygen atoms in total. The maximum absolute atomic E-state index is 10.9. The fraction of sp³-hybridized carbons (Fsp3) is 0.333. The Labute approximate surface area is 109 Å². The van der Waals surface area contributed by atoms with Gasteiger partial charge < -0.3 is 15.5 Å². The van der Waals surface area contributed by atoms with Gasteiger partial charge in [0.05, 0.1) is 0 Å². The topological polar surface area (TPSA) is 86.6 Å². The molecule has 0 unspecified atom stereocenters. The summed E-state index contributed by atoms with van der Waals surface area (Å²) in [6.45, 7) is 0.288. The Balaban J connectivity index is 2.55. The molecule has 0 aliphatic rings. The summed E-state index contributed by atoms with van der Waals surface area (Å²) in [5.41, 5.74) is 0.778. The summed E-state index contributed by atoms with van der Waals surface area (Å²) in [6, 6.07) is 6.19. The van der Waals surface area contributed by atoms with E-state index in [1.807, 2.05) is 0 Å². The van der Waals surface area contributed by atoms with Crippen LogP contribution in [0.3, 0.4) is 0 Å². The van der Waals surface area contributed by atoms with Crippen molar-refractivity contribution < 1.29 is 19.8 Å². The fourth-order valence-electron chi connectivity index (χ4n) is 1.46. The van der Waals surface area contributed by atoms with Gasteiger partial charge in [-0.25, -0.2) is 0 Å². The predicted molar refractivity (Wildman–Crippen MR) is 66.6 cm³/mol. The number of nitrogens with one attached hydrogen (secondary N) is 1. The SMILES string of the molecule is O=C(O)CC[C@H](NCc1ccccc1Cl)C(=O)O. The summed E-state index contributed by atoms with van der Waals surface area (Å²) in [6.07, 6.45) is -0.151. The lowest BCUT2D eigenvalue weighted by Gasteiger charge is -2.14. The number of rotatable bonds is 7. The van der Waals surface area contributed by atoms with Gasteiger partial charge in [-0.05, 0) is 18.1 Å². The first kappa shape index (κ1) is 14.5. The van der Waals surface area contributed by atoms with Crippen LogP contribution in [0.15, 0.2) is 24.3 Å². The second-order valence-electron chi connectivity index (χ2n) is 3.80. The number of carboxylic acids is 2. The van der Waals surface area contributed by atoms with Gasteiger partial charge >= 0.3 is 11.9 Å². The van der Waals surface area contributed by atoms with Crippen LogP contribution in [0.25, 0.3) is 0 Å². The Morgan fingerprint density at radius 2 is 1.94 bits per heavy atom. The lowest BCUT2D eigenvalue weighted by molar-refractivity contribution is -0.140. The highest BCUT2D eigenvalue weighted by Crippen LogP contribution is 2.14. The molecule has 6 heteroatoms. The highest BCUT2D eigenvalue weighted by molar-refractivity contribution is 6.31. The minimum atomic E-state index is -1.07. The highest BCUT2D eigenvalue weighted by atomic mass is 35.5. The van der Waals surface area contributed by atoms with Crippen molar-refractivity contribution in [2.75, 3.05) is 0 Å². The minimum absolute atomic E-state index is 0.0368. The molecule has 1 aromatic carbocycles. The number of benzene rings is 1.